The highest BCUT2D eigenvalue weighted by Crippen LogP contribution is 1.80. The predicted octanol–water partition coefficient (Wildman–Crippen LogP) is -1.12. The van der Waals surface area contributed by atoms with Crippen molar-refractivity contribution in [2.45, 2.75) is 6.42 Å². The molecular formula is C4H12N2O2S. The summed E-state index contributed by atoms with van der Waals surface area (Å²) in [4.78, 5) is 0. The van der Waals surface area contributed by atoms with Crippen LogP contribution in [0.2, 0.25) is 0 Å². The monoisotopic (exact) mass is 152 g/mol. The Kier molecular flexibility index (Phi) is 3.76. The van der Waals surface area contributed by atoms with Gasteiger partial charge in [-0.1, -0.05) is 0 Å². The Morgan fingerprint density at radius 3 is 1.56 bits per heavy atom. The molecule has 0 aliphatic carbocycles. The average Bonchev–Trinajstić information content (AvgIpc) is 1.12. The van der Waals surface area contributed by atoms with Crippen LogP contribution in [0.3, 0.4) is 0 Å². The third-order valence-electron chi connectivity index (χ3n) is 0.707. The number of hydrogen-bond donors (Lipinski definition) is 2. The van der Waals surface area contributed by atoms with Crippen molar-refractivity contribution >= 4 is 10.0 Å². The molecule has 0 bridgehead atoms. The first-order valence-electron chi connectivity index (χ1n) is 2.68. The van der Waals surface area contributed by atoms with Gasteiger partial charge < -0.3 is 5.32 Å². The van der Waals surface area contributed by atoms with E-state index in [2.05, 4.69) is 10.5 Å². The number of nitrogens with one attached hydrogen (secondary N) is 1. The maximum atomic E-state index is 9.41. The van der Waals surface area contributed by atoms with Gasteiger partial charge in [0.2, 0.25) is 10.0 Å². The van der Waals surface area contributed by atoms with Crippen LogP contribution in [0.15, 0.2) is 0 Å². The van der Waals surface area contributed by atoms with Crippen LogP contribution in [0.5, 0.6) is 0 Å². The maximum Gasteiger partial charge on any atom is 0.206 e. The van der Waals surface area contributed by atoms with Gasteiger partial charge in [-0.15, -0.1) is 0 Å². The van der Waals surface area contributed by atoms with Gasteiger partial charge in [-0.2, -0.15) is 0 Å². The fourth-order valence-electron chi connectivity index (χ4n) is 0.177. The second-order valence-corrected chi connectivity index (χ2v) is 3.59. The molecule has 0 radical (unpaired) electrons. The van der Waals surface area contributed by atoms with Gasteiger partial charge in [-0.25, -0.2) is 13.6 Å². The summed E-state index contributed by atoms with van der Waals surface area (Å²) in [5, 5.41) is 7.44. The lowest BCUT2D eigenvalue weighted by molar-refractivity contribution is 0.527. The molecule has 1 rings (SSSR count). The molecule has 1 saturated heterocycles. The van der Waals surface area contributed by atoms with Crippen molar-refractivity contribution in [2.75, 3.05) is 19.3 Å². The van der Waals surface area contributed by atoms with Gasteiger partial charge in [-0.3, -0.25) is 0 Å². The summed E-state index contributed by atoms with van der Waals surface area (Å²) < 4.78 is 18.8. The van der Waals surface area contributed by atoms with Gasteiger partial charge in [0, 0.05) is 0 Å². The Labute approximate surface area is 55.5 Å². The van der Waals surface area contributed by atoms with Crippen molar-refractivity contribution in [3.05, 3.63) is 0 Å². The standard InChI is InChI=1S/C3H7N.CH5NO2S/c1-2-4-3-1;1-5(2,3)4/h4H,1-3H2;1H3,(H2,2,3,4). The van der Waals surface area contributed by atoms with E-state index < -0.39 is 10.0 Å². The highest BCUT2D eigenvalue weighted by atomic mass is 32.2. The maximum absolute atomic E-state index is 9.41. The van der Waals surface area contributed by atoms with E-state index in [0.29, 0.717) is 0 Å². The van der Waals surface area contributed by atoms with Crippen molar-refractivity contribution in [1.29, 1.82) is 0 Å². The highest BCUT2D eigenvalue weighted by Gasteiger charge is 1.92. The average molecular weight is 152 g/mol. The summed E-state index contributed by atoms with van der Waals surface area (Å²) in [6.45, 7) is 2.50. The van der Waals surface area contributed by atoms with Crippen LogP contribution in [0.25, 0.3) is 0 Å². The first-order valence-corrected chi connectivity index (χ1v) is 4.64. The molecule has 0 atom stereocenters. The second kappa shape index (κ2) is 3.81. The minimum absolute atomic E-state index is 0.938. The van der Waals surface area contributed by atoms with Gasteiger partial charge in [0.05, 0.1) is 6.26 Å². The molecule has 0 amide bonds. The van der Waals surface area contributed by atoms with E-state index in [9.17, 15) is 8.42 Å². The van der Waals surface area contributed by atoms with Gasteiger partial charge in [-0.05, 0) is 19.5 Å². The van der Waals surface area contributed by atoms with E-state index in [1.807, 2.05) is 0 Å². The smallest absolute Gasteiger partial charge is 0.206 e. The van der Waals surface area contributed by atoms with Crippen LogP contribution in [-0.2, 0) is 10.0 Å². The molecule has 0 aromatic carbocycles. The van der Waals surface area contributed by atoms with E-state index >= 15 is 0 Å². The molecule has 3 N–H and O–H groups in total. The number of primary sulfonamides is 1. The third kappa shape index (κ3) is 18.1. The molecule has 1 aliphatic rings. The SMILES string of the molecule is C1CNC1.CS(N)(=O)=O. The minimum Gasteiger partial charge on any atom is -0.317 e. The Morgan fingerprint density at radius 1 is 1.44 bits per heavy atom. The number of hydrogen-bond acceptors (Lipinski definition) is 3. The first-order chi connectivity index (χ1) is 4.00. The Hall–Kier alpha value is -0.130. The lowest BCUT2D eigenvalue weighted by atomic mass is 10.3. The van der Waals surface area contributed by atoms with E-state index in [0.717, 1.165) is 6.26 Å². The topological polar surface area (TPSA) is 72.2 Å². The molecule has 1 aliphatic heterocycles. The summed E-state index contributed by atoms with van der Waals surface area (Å²) in [6, 6.07) is 0. The van der Waals surface area contributed by atoms with Crippen molar-refractivity contribution in [1.82, 2.24) is 5.32 Å². The van der Waals surface area contributed by atoms with Crippen molar-refractivity contribution in [2.24, 2.45) is 5.14 Å². The molecule has 0 unspecified atom stereocenters. The van der Waals surface area contributed by atoms with Crippen LogP contribution in [0.4, 0.5) is 0 Å². The van der Waals surface area contributed by atoms with Crippen LogP contribution in [0, 0.1) is 0 Å². The van der Waals surface area contributed by atoms with Crippen LogP contribution in [-0.4, -0.2) is 27.8 Å². The van der Waals surface area contributed by atoms with Gasteiger partial charge in [0.25, 0.3) is 0 Å². The quantitative estimate of drug-likeness (QED) is 0.462. The summed E-state index contributed by atoms with van der Waals surface area (Å²) in [5.41, 5.74) is 0. The lowest BCUT2D eigenvalue weighted by Gasteiger charge is -2.09. The van der Waals surface area contributed by atoms with Crippen LogP contribution in [0.1, 0.15) is 6.42 Å². The zero-order valence-electron chi connectivity index (χ0n) is 5.42. The highest BCUT2D eigenvalue weighted by molar-refractivity contribution is 7.88. The largest absolute Gasteiger partial charge is 0.317 e. The zero-order valence-corrected chi connectivity index (χ0v) is 6.24. The van der Waals surface area contributed by atoms with Crippen molar-refractivity contribution in [3.63, 3.8) is 0 Å². The summed E-state index contributed by atoms with van der Waals surface area (Å²) in [7, 11) is -3.17. The molecule has 0 saturated carbocycles. The second-order valence-electron chi connectivity index (χ2n) is 1.93. The molecule has 4 nitrogen and oxygen atoms in total. The summed E-state index contributed by atoms with van der Waals surface area (Å²) >= 11 is 0. The number of rotatable bonds is 0. The van der Waals surface area contributed by atoms with Crippen molar-refractivity contribution in [3.8, 4) is 0 Å². The van der Waals surface area contributed by atoms with E-state index in [1.165, 1.54) is 19.5 Å². The van der Waals surface area contributed by atoms with Gasteiger partial charge in [0.1, 0.15) is 0 Å². The van der Waals surface area contributed by atoms with E-state index in [4.69, 9.17) is 0 Å². The van der Waals surface area contributed by atoms with E-state index in [-0.39, 0.29) is 0 Å². The van der Waals surface area contributed by atoms with Gasteiger partial charge >= 0.3 is 0 Å². The normalized spacial score (nSPS) is 17.1. The molecule has 1 heterocycles. The predicted molar refractivity (Wildman–Crippen MR) is 36.5 cm³/mol. The number of nitrogens with two attached hydrogens (primary N) is 1. The van der Waals surface area contributed by atoms with E-state index in [1.54, 1.807) is 0 Å². The summed E-state index contributed by atoms with van der Waals surface area (Å²) in [5.74, 6) is 0. The van der Waals surface area contributed by atoms with Crippen LogP contribution >= 0.6 is 0 Å². The molecule has 0 aromatic rings. The summed E-state index contributed by atoms with van der Waals surface area (Å²) in [6.07, 6.45) is 2.33. The fourth-order valence-corrected chi connectivity index (χ4v) is 0.177. The fraction of sp³-hybridized carbons (Fsp3) is 1.00. The number of sulfonamides is 1. The Bertz CT molecular complexity index is 136. The first kappa shape index (κ1) is 8.87. The van der Waals surface area contributed by atoms with Crippen LogP contribution < -0.4 is 10.5 Å². The molecule has 0 aromatic heterocycles. The zero-order chi connectivity index (χ0) is 7.33. The molecular weight excluding hydrogens is 140 g/mol. The molecule has 56 valence electrons. The Balaban J connectivity index is 0.000000144. The molecule has 9 heavy (non-hydrogen) atoms. The minimum atomic E-state index is -3.17. The lowest BCUT2D eigenvalue weighted by Crippen LogP contribution is -2.29. The Morgan fingerprint density at radius 2 is 1.56 bits per heavy atom. The molecule has 0 spiro atoms. The van der Waals surface area contributed by atoms with Gasteiger partial charge in [0.15, 0.2) is 0 Å². The third-order valence-corrected chi connectivity index (χ3v) is 0.707. The molecule has 1 fully saturated rings. The molecule has 5 heteroatoms. The van der Waals surface area contributed by atoms with Crippen molar-refractivity contribution < 1.29 is 8.42 Å².